The van der Waals surface area contributed by atoms with Gasteiger partial charge in [-0.2, -0.15) is 5.10 Å². The molecule has 7 nitrogen and oxygen atoms in total. The maximum Gasteiger partial charge on any atom is 0.269 e. The molecule has 1 heterocycles. The zero-order chi connectivity index (χ0) is 13.0. The van der Waals surface area contributed by atoms with Crippen LogP contribution in [0.2, 0.25) is 0 Å². The van der Waals surface area contributed by atoms with Gasteiger partial charge in [0.25, 0.3) is 5.69 Å². The molecule has 0 radical (unpaired) electrons. The number of nitro benzene ring substituents is 1. The van der Waals surface area contributed by atoms with Crippen LogP contribution >= 0.6 is 0 Å². The third-order valence-electron chi connectivity index (χ3n) is 2.29. The molecule has 1 aromatic heterocycles. The van der Waals surface area contributed by atoms with Gasteiger partial charge in [0.2, 0.25) is 5.91 Å². The molecular formula is C11H10N4O3. The zero-order valence-corrected chi connectivity index (χ0v) is 9.29. The van der Waals surface area contributed by atoms with E-state index in [1.165, 1.54) is 18.3 Å². The van der Waals surface area contributed by atoms with Gasteiger partial charge in [-0.3, -0.25) is 20.0 Å². The summed E-state index contributed by atoms with van der Waals surface area (Å²) in [4.78, 5) is 21.6. The molecule has 1 amide bonds. The molecule has 0 bridgehead atoms. The lowest BCUT2D eigenvalue weighted by molar-refractivity contribution is -0.384. The SMILES string of the molecule is O=C(Cc1ccc([N+](=O)[O-])cc1)Nc1cn[nH]c1. The van der Waals surface area contributed by atoms with Crippen molar-refractivity contribution in [3.05, 3.63) is 52.3 Å². The highest BCUT2D eigenvalue weighted by atomic mass is 16.6. The van der Waals surface area contributed by atoms with Crippen LogP contribution in [0.3, 0.4) is 0 Å². The number of benzene rings is 1. The first-order valence-corrected chi connectivity index (χ1v) is 5.17. The summed E-state index contributed by atoms with van der Waals surface area (Å²) in [6, 6.07) is 5.88. The number of carbonyl (C=O) groups is 1. The van der Waals surface area contributed by atoms with Gasteiger partial charge in [-0.25, -0.2) is 0 Å². The molecule has 0 aliphatic carbocycles. The average Bonchev–Trinajstić information content (AvgIpc) is 2.82. The molecule has 0 spiro atoms. The highest BCUT2D eigenvalue weighted by Gasteiger charge is 2.07. The van der Waals surface area contributed by atoms with Crippen LogP contribution in [0.25, 0.3) is 0 Å². The molecule has 1 aromatic carbocycles. The number of H-pyrrole nitrogens is 1. The van der Waals surface area contributed by atoms with Gasteiger partial charge in [0, 0.05) is 18.3 Å². The number of nitro groups is 1. The van der Waals surface area contributed by atoms with Crippen LogP contribution in [0.5, 0.6) is 0 Å². The Balaban J connectivity index is 1.97. The molecule has 0 atom stereocenters. The number of hydrogen-bond acceptors (Lipinski definition) is 4. The largest absolute Gasteiger partial charge is 0.323 e. The van der Waals surface area contributed by atoms with E-state index in [0.717, 1.165) is 0 Å². The number of aromatic nitrogens is 2. The zero-order valence-electron chi connectivity index (χ0n) is 9.29. The lowest BCUT2D eigenvalue weighted by Crippen LogP contribution is -2.13. The Kier molecular flexibility index (Phi) is 3.33. The Labute approximate surface area is 102 Å². The smallest absolute Gasteiger partial charge is 0.269 e. The summed E-state index contributed by atoms with van der Waals surface area (Å²) in [5.41, 5.74) is 1.30. The van der Waals surface area contributed by atoms with E-state index in [1.807, 2.05) is 0 Å². The van der Waals surface area contributed by atoms with E-state index >= 15 is 0 Å². The van der Waals surface area contributed by atoms with E-state index in [4.69, 9.17) is 0 Å². The van der Waals surface area contributed by atoms with Crippen LogP contribution in [-0.2, 0) is 11.2 Å². The van der Waals surface area contributed by atoms with Crippen molar-refractivity contribution in [2.75, 3.05) is 5.32 Å². The van der Waals surface area contributed by atoms with Gasteiger partial charge >= 0.3 is 0 Å². The molecule has 7 heteroatoms. The maximum atomic E-state index is 11.6. The minimum Gasteiger partial charge on any atom is -0.323 e. The minimum atomic E-state index is -0.477. The van der Waals surface area contributed by atoms with Crippen molar-refractivity contribution in [2.24, 2.45) is 0 Å². The summed E-state index contributed by atoms with van der Waals surface area (Å²) >= 11 is 0. The predicted molar refractivity (Wildman–Crippen MR) is 64.0 cm³/mol. The first kappa shape index (κ1) is 11.8. The summed E-state index contributed by atoms with van der Waals surface area (Å²) in [5, 5.41) is 19.4. The van der Waals surface area contributed by atoms with E-state index in [2.05, 4.69) is 15.5 Å². The van der Waals surface area contributed by atoms with Crippen LogP contribution in [0.4, 0.5) is 11.4 Å². The standard InChI is InChI=1S/C11H10N4O3/c16-11(14-9-6-12-13-7-9)5-8-1-3-10(4-2-8)15(17)18/h1-4,6-7H,5H2,(H,12,13)(H,14,16). The first-order chi connectivity index (χ1) is 8.65. The van der Waals surface area contributed by atoms with Gasteiger partial charge < -0.3 is 5.32 Å². The Morgan fingerprint density at radius 3 is 2.67 bits per heavy atom. The van der Waals surface area contributed by atoms with Crippen molar-refractivity contribution in [3.8, 4) is 0 Å². The van der Waals surface area contributed by atoms with E-state index in [9.17, 15) is 14.9 Å². The summed E-state index contributed by atoms with van der Waals surface area (Å²) in [5.74, 6) is -0.203. The van der Waals surface area contributed by atoms with E-state index in [1.54, 1.807) is 18.3 Å². The normalized spacial score (nSPS) is 10.0. The number of nitrogens with one attached hydrogen (secondary N) is 2. The molecule has 2 N–H and O–H groups in total. The van der Waals surface area contributed by atoms with Gasteiger partial charge in [-0.05, 0) is 5.56 Å². The van der Waals surface area contributed by atoms with Crippen molar-refractivity contribution in [1.82, 2.24) is 10.2 Å². The molecule has 0 unspecified atom stereocenters. The van der Waals surface area contributed by atoms with Gasteiger partial charge in [-0.1, -0.05) is 12.1 Å². The molecule has 0 aliphatic rings. The number of nitrogens with zero attached hydrogens (tertiary/aromatic N) is 2. The molecule has 0 aliphatic heterocycles. The molecule has 18 heavy (non-hydrogen) atoms. The Bertz CT molecular complexity index is 548. The number of non-ortho nitro benzene ring substituents is 1. The van der Waals surface area contributed by atoms with Gasteiger partial charge in [0.1, 0.15) is 0 Å². The average molecular weight is 246 g/mol. The summed E-state index contributed by atoms with van der Waals surface area (Å²) in [6.07, 6.45) is 3.21. The second kappa shape index (κ2) is 5.09. The molecule has 0 saturated carbocycles. The topological polar surface area (TPSA) is 101 Å². The van der Waals surface area contributed by atoms with Crippen molar-refractivity contribution < 1.29 is 9.72 Å². The quantitative estimate of drug-likeness (QED) is 0.630. The van der Waals surface area contributed by atoms with Gasteiger partial charge in [0.15, 0.2) is 0 Å². The summed E-state index contributed by atoms with van der Waals surface area (Å²) in [6.45, 7) is 0. The van der Waals surface area contributed by atoms with Crippen molar-refractivity contribution >= 4 is 17.3 Å². The van der Waals surface area contributed by atoms with Crippen LogP contribution in [0, 0.1) is 10.1 Å². The number of rotatable bonds is 4. The number of anilines is 1. The summed E-state index contributed by atoms with van der Waals surface area (Å²) < 4.78 is 0. The van der Waals surface area contributed by atoms with E-state index in [-0.39, 0.29) is 18.0 Å². The third kappa shape index (κ3) is 2.91. The van der Waals surface area contributed by atoms with Crippen LogP contribution in [0.1, 0.15) is 5.56 Å². The van der Waals surface area contributed by atoms with Crippen LogP contribution in [-0.4, -0.2) is 21.0 Å². The third-order valence-corrected chi connectivity index (χ3v) is 2.29. The van der Waals surface area contributed by atoms with E-state index < -0.39 is 4.92 Å². The fourth-order valence-corrected chi connectivity index (χ4v) is 1.45. The van der Waals surface area contributed by atoms with Crippen molar-refractivity contribution in [3.63, 3.8) is 0 Å². The van der Waals surface area contributed by atoms with Crippen LogP contribution in [0.15, 0.2) is 36.7 Å². The second-order valence-electron chi connectivity index (χ2n) is 3.64. The Morgan fingerprint density at radius 1 is 1.39 bits per heavy atom. The molecular weight excluding hydrogens is 236 g/mol. The fourth-order valence-electron chi connectivity index (χ4n) is 1.45. The minimum absolute atomic E-state index is 0.00833. The van der Waals surface area contributed by atoms with Gasteiger partial charge in [0.05, 0.1) is 23.2 Å². The highest BCUT2D eigenvalue weighted by Crippen LogP contribution is 2.12. The lowest BCUT2D eigenvalue weighted by atomic mass is 10.1. The summed E-state index contributed by atoms with van der Waals surface area (Å²) in [7, 11) is 0. The van der Waals surface area contributed by atoms with Crippen LogP contribution < -0.4 is 5.32 Å². The molecule has 92 valence electrons. The monoisotopic (exact) mass is 246 g/mol. The second-order valence-corrected chi connectivity index (χ2v) is 3.64. The number of amides is 1. The molecule has 0 saturated heterocycles. The van der Waals surface area contributed by atoms with E-state index in [0.29, 0.717) is 11.3 Å². The molecule has 2 aromatic rings. The van der Waals surface area contributed by atoms with Gasteiger partial charge in [-0.15, -0.1) is 0 Å². The fraction of sp³-hybridized carbons (Fsp3) is 0.0909. The van der Waals surface area contributed by atoms with Crippen molar-refractivity contribution in [2.45, 2.75) is 6.42 Å². The first-order valence-electron chi connectivity index (χ1n) is 5.17. The Hall–Kier alpha value is -2.70. The predicted octanol–water partition coefficient (Wildman–Crippen LogP) is 1.50. The molecule has 0 fully saturated rings. The lowest BCUT2D eigenvalue weighted by Gasteiger charge is -2.02. The maximum absolute atomic E-state index is 11.6. The Morgan fingerprint density at radius 2 is 2.11 bits per heavy atom. The number of aromatic amines is 1. The number of hydrogen-bond donors (Lipinski definition) is 2. The number of carbonyl (C=O) groups excluding carboxylic acids is 1. The van der Waals surface area contributed by atoms with Crippen molar-refractivity contribution in [1.29, 1.82) is 0 Å². The molecule has 2 rings (SSSR count). The highest BCUT2D eigenvalue weighted by molar-refractivity contribution is 5.91.